The van der Waals surface area contributed by atoms with Gasteiger partial charge < -0.3 is 14.4 Å². The average molecular weight is 382 g/mol. The molecule has 29 heavy (non-hydrogen) atoms. The first-order valence-electron chi connectivity index (χ1n) is 9.50. The predicted molar refractivity (Wildman–Crippen MR) is 109 cm³/mol. The lowest BCUT2D eigenvalue weighted by Crippen LogP contribution is -2.25. The monoisotopic (exact) mass is 382 g/mol. The first-order chi connectivity index (χ1) is 14.3. The number of nitrogens with zero attached hydrogens (tertiary/aromatic N) is 2. The number of rotatable bonds is 4. The van der Waals surface area contributed by atoms with Crippen LogP contribution in [-0.4, -0.2) is 11.9 Å². The molecule has 0 aliphatic rings. The van der Waals surface area contributed by atoms with E-state index < -0.39 is 5.95 Å². The van der Waals surface area contributed by atoms with Crippen molar-refractivity contribution in [2.75, 3.05) is 6.61 Å². The van der Waals surface area contributed by atoms with E-state index in [1.807, 2.05) is 85.8 Å². The summed E-state index contributed by atoms with van der Waals surface area (Å²) in [5.41, 5.74) is 4.89. The third-order valence-electron chi connectivity index (χ3n) is 5.00. The Bertz CT molecular complexity index is 1310. The molecule has 0 aliphatic carbocycles. The highest BCUT2D eigenvalue weighted by Crippen LogP contribution is 2.41. The van der Waals surface area contributed by atoms with Gasteiger partial charge in [-0.05, 0) is 34.7 Å². The lowest BCUT2D eigenvalue weighted by Gasteiger charge is -2.13. The maximum absolute atomic E-state index is 12.7. The maximum Gasteiger partial charge on any atom is 0.272 e. The summed E-state index contributed by atoms with van der Waals surface area (Å²) in [6.07, 6.45) is 0. The van der Waals surface area contributed by atoms with Gasteiger partial charge in [-0.3, -0.25) is 0 Å². The molecule has 5 heteroatoms. The average Bonchev–Trinajstić information content (AvgIpc) is 3.15. The Kier molecular flexibility index (Phi) is 4.13. The summed E-state index contributed by atoms with van der Waals surface area (Å²) in [7, 11) is 0. The molecule has 0 saturated heterocycles. The van der Waals surface area contributed by atoms with Gasteiger partial charge in [0.1, 0.15) is 5.75 Å². The van der Waals surface area contributed by atoms with Crippen molar-refractivity contribution >= 4 is 16.4 Å². The zero-order valence-corrected chi connectivity index (χ0v) is 15.8. The zero-order chi connectivity index (χ0) is 19.8. The quantitative estimate of drug-likeness (QED) is 0.433. The van der Waals surface area contributed by atoms with Gasteiger partial charge in [0.05, 0.1) is 22.8 Å². The lowest BCUT2D eigenvalue weighted by molar-refractivity contribution is -0.567. The molecule has 3 aromatic carbocycles. The van der Waals surface area contributed by atoms with E-state index in [0.29, 0.717) is 12.1 Å². The summed E-state index contributed by atoms with van der Waals surface area (Å²) in [5, 5.41) is 17.7. The molecule has 0 spiro atoms. The topological polar surface area (TPSA) is 62.4 Å². The van der Waals surface area contributed by atoms with Crippen LogP contribution in [0.3, 0.4) is 0 Å². The minimum Gasteiger partial charge on any atom is -0.539 e. The van der Waals surface area contributed by atoms with Crippen LogP contribution in [0.2, 0.25) is 0 Å². The van der Waals surface area contributed by atoms with Gasteiger partial charge >= 0.3 is 0 Å². The molecule has 0 N–H and O–H groups in total. The number of benzene rings is 3. The minimum atomic E-state index is -0.461. The Morgan fingerprint density at radius 2 is 1.55 bits per heavy atom. The Labute approximate surface area is 167 Å². The summed E-state index contributed by atoms with van der Waals surface area (Å²) in [6, 6.07) is 25.7. The molecule has 0 unspecified atom stereocenters. The fraction of sp³-hybridized carbons (Fsp3) is 0.0833. The smallest absolute Gasteiger partial charge is 0.272 e. The molecule has 0 amide bonds. The molecular weight excluding hydrogens is 364 g/mol. The molecule has 5 aromatic rings. The van der Waals surface area contributed by atoms with Crippen LogP contribution >= 0.6 is 0 Å². The van der Waals surface area contributed by atoms with Crippen LogP contribution < -0.4 is 14.4 Å². The number of hydrogen-bond acceptors (Lipinski definition) is 4. The molecule has 0 aliphatic heterocycles. The van der Waals surface area contributed by atoms with Crippen molar-refractivity contribution in [3.8, 4) is 33.9 Å². The standard InChI is InChI=1S/C24H18N2O3/c1-2-28-18-13-14-20-19(15-18)21(16-9-5-3-6-10-16)22(17-11-7-4-8-12-17)23-24(27)29-25-26(20)23/h3-15H,2H2,1H3. The largest absolute Gasteiger partial charge is 0.539 e. The first kappa shape index (κ1) is 17.3. The molecule has 0 fully saturated rings. The highest BCUT2D eigenvalue weighted by Gasteiger charge is 2.27. The molecule has 0 saturated carbocycles. The molecule has 2 aromatic heterocycles. The molecule has 2 heterocycles. The fourth-order valence-electron chi connectivity index (χ4n) is 3.82. The van der Waals surface area contributed by atoms with Crippen LogP contribution in [0.25, 0.3) is 38.7 Å². The van der Waals surface area contributed by atoms with E-state index in [2.05, 4.69) is 5.27 Å². The van der Waals surface area contributed by atoms with E-state index in [1.54, 1.807) is 4.52 Å². The second-order valence-corrected chi connectivity index (χ2v) is 6.71. The molecule has 0 radical (unpaired) electrons. The van der Waals surface area contributed by atoms with Gasteiger partial charge in [0.2, 0.25) is 5.52 Å². The number of ether oxygens (including phenoxy) is 1. The molecule has 5 nitrogen and oxygen atoms in total. The summed E-state index contributed by atoms with van der Waals surface area (Å²) in [4.78, 5) is 0. The molecule has 142 valence electrons. The van der Waals surface area contributed by atoms with Crippen molar-refractivity contribution in [1.29, 1.82) is 0 Å². The summed E-state index contributed by atoms with van der Waals surface area (Å²) < 4.78 is 12.4. The van der Waals surface area contributed by atoms with Crippen molar-refractivity contribution in [1.82, 2.24) is 5.27 Å². The third kappa shape index (κ3) is 2.79. The van der Waals surface area contributed by atoms with Crippen molar-refractivity contribution in [3.63, 3.8) is 0 Å². The van der Waals surface area contributed by atoms with E-state index in [-0.39, 0.29) is 0 Å². The van der Waals surface area contributed by atoms with Crippen LogP contribution in [-0.2, 0) is 0 Å². The van der Waals surface area contributed by atoms with E-state index in [9.17, 15) is 5.11 Å². The second kappa shape index (κ2) is 6.95. The van der Waals surface area contributed by atoms with Crippen LogP contribution in [0.4, 0.5) is 0 Å². The minimum absolute atomic E-state index is 0.423. The van der Waals surface area contributed by atoms with E-state index in [1.165, 1.54) is 0 Å². The van der Waals surface area contributed by atoms with Crippen LogP contribution in [0, 0.1) is 0 Å². The SMILES string of the molecule is CCOc1ccc2c(c1)c(-c1ccccc1)c(-c1ccccc1)c1c([O-])on[n+]12. The lowest BCUT2D eigenvalue weighted by atomic mass is 9.91. The maximum atomic E-state index is 12.7. The van der Waals surface area contributed by atoms with Crippen molar-refractivity contribution in [2.45, 2.75) is 6.92 Å². The van der Waals surface area contributed by atoms with Gasteiger partial charge in [-0.15, -0.1) is 0 Å². The second-order valence-electron chi connectivity index (χ2n) is 6.71. The van der Waals surface area contributed by atoms with Crippen LogP contribution in [0.15, 0.2) is 83.4 Å². The van der Waals surface area contributed by atoms with Crippen molar-refractivity contribution in [2.24, 2.45) is 0 Å². The predicted octanol–water partition coefficient (Wildman–Crippen LogP) is 4.37. The Morgan fingerprint density at radius 3 is 2.21 bits per heavy atom. The number of aromatic nitrogens is 2. The number of hydrogen-bond donors (Lipinski definition) is 0. The molecule has 0 bridgehead atoms. The van der Waals surface area contributed by atoms with Gasteiger partial charge in [0.25, 0.3) is 5.52 Å². The number of pyridine rings is 1. The highest BCUT2D eigenvalue weighted by molar-refractivity contribution is 6.06. The van der Waals surface area contributed by atoms with Gasteiger partial charge in [-0.2, -0.15) is 0 Å². The van der Waals surface area contributed by atoms with Gasteiger partial charge in [-0.25, -0.2) is 0 Å². The summed E-state index contributed by atoms with van der Waals surface area (Å²) in [5.74, 6) is 0.304. The molecular formula is C24H18N2O3. The molecule has 0 atom stereocenters. The number of fused-ring (bicyclic) bond motifs is 3. The van der Waals surface area contributed by atoms with E-state index in [4.69, 9.17) is 9.26 Å². The van der Waals surface area contributed by atoms with Crippen LogP contribution in [0.5, 0.6) is 11.7 Å². The van der Waals surface area contributed by atoms with Gasteiger partial charge in [0.15, 0.2) is 5.95 Å². The highest BCUT2D eigenvalue weighted by atomic mass is 16.6. The third-order valence-corrected chi connectivity index (χ3v) is 5.00. The van der Waals surface area contributed by atoms with E-state index in [0.717, 1.165) is 38.9 Å². The fourth-order valence-corrected chi connectivity index (χ4v) is 3.82. The normalized spacial score (nSPS) is 11.2. The van der Waals surface area contributed by atoms with Gasteiger partial charge in [-0.1, -0.05) is 60.7 Å². The molecule has 5 rings (SSSR count). The zero-order valence-electron chi connectivity index (χ0n) is 15.8. The first-order valence-corrected chi connectivity index (χ1v) is 9.50. The van der Waals surface area contributed by atoms with E-state index >= 15 is 0 Å². The Hall–Kier alpha value is -3.86. The van der Waals surface area contributed by atoms with Crippen molar-refractivity contribution in [3.05, 3.63) is 78.9 Å². The van der Waals surface area contributed by atoms with Gasteiger partial charge in [0, 0.05) is 11.6 Å². The Morgan fingerprint density at radius 1 is 0.897 bits per heavy atom. The van der Waals surface area contributed by atoms with Crippen molar-refractivity contribution < 1.29 is 18.9 Å². The summed E-state index contributed by atoms with van der Waals surface area (Å²) >= 11 is 0. The van der Waals surface area contributed by atoms with Crippen LogP contribution in [0.1, 0.15) is 6.92 Å². The summed E-state index contributed by atoms with van der Waals surface area (Å²) in [6.45, 7) is 2.53. The Balaban J connectivity index is 2.02.